The maximum atomic E-state index is 13.6. The Kier molecular flexibility index (Phi) is 4.85. The van der Waals surface area contributed by atoms with Gasteiger partial charge < -0.3 is 11.1 Å². The van der Waals surface area contributed by atoms with Gasteiger partial charge in [-0.3, -0.25) is 4.79 Å². The second kappa shape index (κ2) is 6.63. The Labute approximate surface area is 127 Å². The van der Waals surface area contributed by atoms with E-state index in [-0.39, 0.29) is 11.7 Å². The summed E-state index contributed by atoms with van der Waals surface area (Å²) >= 11 is 1.15. The number of hydrogen-bond acceptors (Lipinski definition) is 3. The van der Waals surface area contributed by atoms with Crippen LogP contribution in [0.5, 0.6) is 0 Å². The van der Waals surface area contributed by atoms with Gasteiger partial charge in [-0.25, -0.2) is 4.39 Å². The molecule has 0 radical (unpaired) electrons. The molecule has 110 valence electrons. The first kappa shape index (κ1) is 15.4. The summed E-state index contributed by atoms with van der Waals surface area (Å²) in [6.07, 6.45) is 0. The summed E-state index contributed by atoms with van der Waals surface area (Å²) < 4.78 is 13.6. The van der Waals surface area contributed by atoms with Gasteiger partial charge in [-0.2, -0.15) is 0 Å². The predicted molar refractivity (Wildman–Crippen MR) is 86.1 cm³/mol. The average Bonchev–Trinajstić information content (AvgIpc) is 2.42. The van der Waals surface area contributed by atoms with E-state index in [9.17, 15) is 9.18 Å². The Morgan fingerprint density at radius 2 is 2.00 bits per heavy atom. The smallest absolute Gasteiger partial charge is 0.234 e. The molecule has 0 aliphatic rings. The molecule has 0 aliphatic heterocycles. The summed E-state index contributed by atoms with van der Waals surface area (Å²) in [6.45, 7) is 3.90. The van der Waals surface area contributed by atoms with E-state index in [1.807, 2.05) is 32.0 Å². The van der Waals surface area contributed by atoms with Crippen LogP contribution >= 0.6 is 11.8 Å². The summed E-state index contributed by atoms with van der Waals surface area (Å²) in [5.41, 5.74) is 8.72. The lowest BCUT2D eigenvalue weighted by atomic mass is 10.1. The Morgan fingerprint density at radius 3 is 2.71 bits per heavy atom. The van der Waals surface area contributed by atoms with Crippen molar-refractivity contribution in [2.75, 3.05) is 16.8 Å². The van der Waals surface area contributed by atoms with Crippen molar-refractivity contribution in [3.63, 3.8) is 0 Å². The van der Waals surface area contributed by atoms with E-state index >= 15 is 0 Å². The van der Waals surface area contributed by atoms with Crippen LogP contribution in [0.2, 0.25) is 0 Å². The summed E-state index contributed by atoms with van der Waals surface area (Å²) in [6, 6.07) is 10.3. The molecule has 3 nitrogen and oxygen atoms in total. The van der Waals surface area contributed by atoms with Gasteiger partial charge in [0.2, 0.25) is 5.91 Å². The third-order valence-corrected chi connectivity index (χ3v) is 4.03. The van der Waals surface area contributed by atoms with Gasteiger partial charge in [0.15, 0.2) is 0 Å². The van der Waals surface area contributed by atoms with Crippen LogP contribution in [0.4, 0.5) is 15.8 Å². The SMILES string of the molecule is Cc1ccc(C)c(NC(=O)CSc2ccc(N)cc2F)c1. The van der Waals surface area contributed by atoms with Crippen LogP contribution in [-0.4, -0.2) is 11.7 Å². The number of nitrogen functional groups attached to an aromatic ring is 1. The molecule has 1 amide bonds. The third kappa shape index (κ3) is 4.23. The van der Waals surface area contributed by atoms with Gasteiger partial charge in [0.1, 0.15) is 5.82 Å². The van der Waals surface area contributed by atoms with Crippen molar-refractivity contribution in [1.29, 1.82) is 0 Å². The molecule has 5 heteroatoms. The highest BCUT2D eigenvalue weighted by atomic mass is 32.2. The quantitative estimate of drug-likeness (QED) is 0.668. The maximum absolute atomic E-state index is 13.6. The van der Waals surface area contributed by atoms with E-state index in [0.29, 0.717) is 10.6 Å². The minimum absolute atomic E-state index is 0.147. The number of amides is 1. The first-order valence-corrected chi connectivity index (χ1v) is 7.49. The maximum Gasteiger partial charge on any atom is 0.234 e. The van der Waals surface area contributed by atoms with Crippen LogP contribution in [0.3, 0.4) is 0 Å². The molecule has 0 aliphatic carbocycles. The van der Waals surface area contributed by atoms with Crippen LogP contribution in [0, 0.1) is 19.7 Å². The molecule has 2 rings (SSSR count). The highest BCUT2D eigenvalue weighted by Crippen LogP contribution is 2.24. The zero-order valence-corrected chi connectivity index (χ0v) is 12.8. The first-order valence-electron chi connectivity index (χ1n) is 6.50. The fraction of sp³-hybridized carbons (Fsp3) is 0.188. The molecule has 0 bridgehead atoms. The lowest BCUT2D eigenvalue weighted by Gasteiger charge is -2.09. The van der Waals surface area contributed by atoms with E-state index in [0.717, 1.165) is 28.6 Å². The topological polar surface area (TPSA) is 55.1 Å². The predicted octanol–water partition coefficient (Wildman–Crippen LogP) is 3.76. The van der Waals surface area contributed by atoms with Gasteiger partial charge in [0.05, 0.1) is 5.75 Å². The van der Waals surface area contributed by atoms with Crippen LogP contribution in [-0.2, 0) is 4.79 Å². The van der Waals surface area contributed by atoms with Crippen molar-refractivity contribution in [3.8, 4) is 0 Å². The molecule has 2 aromatic rings. The number of halogens is 1. The Hall–Kier alpha value is -2.01. The molecular formula is C16H17FN2OS. The number of rotatable bonds is 4. The van der Waals surface area contributed by atoms with Crippen molar-refractivity contribution in [3.05, 3.63) is 53.3 Å². The molecule has 0 unspecified atom stereocenters. The van der Waals surface area contributed by atoms with Crippen molar-refractivity contribution in [2.45, 2.75) is 18.7 Å². The minimum atomic E-state index is -0.403. The van der Waals surface area contributed by atoms with E-state index in [1.165, 1.54) is 6.07 Å². The fourth-order valence-electron chi connectivity index (χ4n) is 1.83. The van der Waals surface area contributed by atoms with Crippen LogP contribution in [0.25, 0.3) is 0 Å². The minimum Gasteiger partial charge on any atom is -0.399 e. The second-order valence-corrected chi connectivity index (χ2v) is 5.86. The van der Waals surface area contributed by atoms with Crippen LogP contribution in [0.15, 0.2) is 41.3 Å². The number of hydrogen-bond donors (Lipinski definition) is 2. The number of nitrogens with two attached hydrogens (primary N) is 1. The lowest BCUT2D eigenvalue weighted by molar-refractivity contribution is -0.113. The molecule has 0 saturated carbocycles. The zero-order valence-electron chi connectivity index (χ0n) is 11.9. The zero-order chi connectivity index (χ0) is 15.4. The standard InChI is InChI=1S/C16H17FN2OS/c1-10-3-4-11(2)14(7-10)19-16(20)9-21-15-6-5-12(18)8-13(15)17/h3-8H,9,18H2,1-2H3,(H,19,20). The van der Waals surface area contributed by atoms with Gasteiger partial charge in [-0.15, -0.1) is 11.8 Å². The van der Waals surface area contributed by atoms with E-state index in [2.05, 4.69) is 5.32 Å². The summed E-state index contributed by atoms with van der Waals surface area (Å²) in [7, 11) is 0. The fourth-order valence-corrected chi connectivity index (χ4v) is 2.55. The van der Waals surface area contributed by atoms with Crippen molar-refractivity contribution in [1.82, 2.24) is 0 Å². The second-order valence-electron chi connectivity index (χ2n) is 4.85. The number of aryl methyl sites for hydroxylation is 2. The normalized spacial score (nSPS) is 10.4. The molecule has 0 spiro atoms. The number of thioether (sulfide) groups is 1. The van der Waals surface area contributed by atoms with Crippen LogP contribution in [0.1, 0.15) is 11.1 Å². The molecule has 21 heavy (non-hydrogen) atoms. The molecule has 2 aromatic carbocycles. The molecule has 0 saturated heterocycles. The van der Waals surface area contributed by atoms with Crippen molar-refractivity contribution >= 4 is 29.0 Å². The number of carbonyl (C=O) groups excluding carboxylic acids is 1. The number of carbonyl (C=O) groups is 1. The Bertz CT molecular complexity index is 673. The van der Waals surface area contributed by atoms with E-state index in [4.69, 9.17) is 5.73 Å². The monoisotopic (exact) mass is 304 g/mol. The number of anilines is 2. The largest absolute Gasteiger partial charge is 0.399 e. The molecule has 0 atom stereocenters. The Morgan fingerprint density at radius 1 is 1.24 bits per heavy atom. The van der Waals surface area contributed by atoms with Gasteiger partial charge in [-0.05, 0) is 49.2 Å². The number of benzene rings is 2. The van der Waals surface area contributed by atoms with E-state index < -0.39 is 5.82 Å². The summed E-state index contributed by atoms with van der Waals surface area (Å²) in [4.78, 5) is 12.4. The summed E-state index contributed by atoms with van der Waals surface area (Å²) in [5, 5.41) is 2.85. The highest BCUT2D eigenvalue weighted by Gasteiger charge is 2.09. The van der Waals surface area contributed by atoms with E-state index in [1.54, 1.807) is 12.1 Å². The lowest BCUT2D eigenvalue weighted by Crippen LogP contribution is -2.15. The summed E-state index contributed by atoms with van der Waals surface area (Å²) in [5.74, 6) is -0.418. The number of nitrogens with one attached hydrogen (secondary N) is 1. The molecular weight excluding hydrogens is 287 g/mol. The first-order chi connectivity index (χ1) is 9.95. The molecule has 0 heterocycles. The van der Waals surface area contributed by atoms with Gasteiger partial charge in [0, 0.05) is 16.3 Å². The van der Waals surface area contributed by atoms with Crippen molar-refractivity contribution < 1.29 is 9.18 Å². The van der Waals surface area contributed by atoms with Crippen molar-refractivity contribution in [2.24, 2.45) is 0 Å². The molecule has 0 aromatic heterocycles. The van der Waals surface area contributed by atoms with Gasteiger partial charge >= 0.3 is 0 Å². The van der Waals surface area contributed by atoms with Crippen LogP contribution < -0.4 is 11.1 Å². The molecule has 3 N–H and O–H groups in total. The highest BCUT2D eigenvalue weighted by molar-refractivity contribution is 8.00. The Balaban J connectivity index is 1.97. The third-order valence-electron chi connectivity index (χ3n) is 2.98. The van der Waals surface area contributed by atoms with Gasteiger partial charge in [0.25, 0.3) is 0 Å². The molecule has 0 fully saturated rings. The van der Waals surface area contributed by atoms with Gasteiger partial charge in [-0.1, -0.05) is 12.1 Å². The average molecular weight is 304 g/mol.